The largest absolute Gasteiger partial charge is 0.458 e. The fraction of sp³-hybridized carbons (Fsp3) is 0.353. The van der Waals surface area contributed by atoms with Gasteiger partial charge in [-0.05, 0) is 37.1 Å². The Hall–Kier alpha value is -2.16. The Morgan fingerprint density at radius 1 is 1.31 bits per heavy atom. The molecular formula is C17H15BrF3N3O2. The summed E-state index contributed by atoms with van der Waals surface area (Å²) >= 11 is 3.33. The number of carbonyl (C=O) groups excluding carboxylic acids is 1. The molecule has 0 N–H and O–H groups in total. The zero-order chi connectivity index (χ0) is 18.7. The van der Waals surface area contributed by atoms with Crippen molar-refractivity contribution in [2.45, 2.75) is 25.1 Å². The number of amides is 1. The summed E-state index contributed by atoms with van der Waals surface area (Å²) in [6.07, 6.45) is -2.71. The normalized spacial score (nSPS) is 17.8. The molecule has 0 radical (unpaired) electrons. The highest BCUT2D eigenvalue weighted by Crippen LogP contribution is 2.28. The molecule has 138 valence electrons. The third-order valence-electron chi connectivity index (χ3n) is 3.93. The lowest BCUT2D eigenvalue weighted by molar-refractivity contribution is -0.141. The van der Waals surface area contributed by atoms with Crippen molar-refractivity contribution in [2.75, 3.05) is 13.1 Å². The number of hydrogen-bond donors (Lipinski definition) is 0. The minimum absolute atomic E-state index is 0.149. The quantitative estimate of drug-likeness (QED) is 0.741. The highest BCUT2D eigenvalue weighted by atomic mass is 79.9. The lowest BCUT2D eigenvalue weighted by Gasteiger charge is -2.32. The molecule has 5 nitrogen and oxygen atoms in total. The van der Waals surface area contributed by atoms with Crippen molar-refractivity contribution < 1.29 is 22.7 Å². The zero-order valence-corrected chi connectivity index (χ0v) is 15.1. The number of halogens is 4. The number of carbonyl (C=O) groups is 1. The first-order valence-electron chi connectivity index (χ1n) is 7.94. The van der Waals surface area contributed by atoms with E-state index < -0.39 is 18.0 Å². The standard InChI is InChI=1S/C17H15BrF3N3O2/c18-12-4-1-3-11(9-12)15(25)24-8-2-5-13(10-24)26-16-22-7-6-14(23-16)17(19,20)21/h1,3-4,6-7,9,13H,2,5,8,10H2. The first-order valence-corrected chi connectivity index (χ1v) is 8.74. The van der Waals surface area contributed by atoms with E-state index in [4.69, 9.17) is 4.74 Å². The number of hydrogen-bond acceptors (Lipinski definition) is 4. The molecule has 26 heavy (non-hydrogen) atoms. The number of benzene rings is 1. The van der Waals surface area contributed by atoms with Gasteiger partial charge in [-0.15, -0.1) is 0 Å². The Labute approximate surface area is 156 Å². The van der Waals surface area contributed by atoms with Crippen LogP contribution in [0.2, 0.25) is 0 Å². The van der Waals surface area contributed by atoms with Gasteiger partial charge in [-0.2, -0.15) is 18.2 Å². The van der Waals surface area contributed by atoms with Crippen molar-refractivity contribution in [3.05, 3.63) is 52.3 Å². The predicted octanol–water partition coefficient (Wildman–Crippen LogP) is 3.94. The molecule has 0 saturated carbocycles. The summed E-state index contributed by atoms with van der Waals surface area (Å²) in [5.74, 6) is -0.149. The van der Waals surface area contributed by atoms with Crippen LogP contribution < -0.4 is 4.74 Å². The lowest BCUT2D eigenvalue weighted by atomic mass is 10.1. The molecule has 1 unspecified atom stereocenters. The van der Waals surface area contributed by atoms with Crippen LogP contribution in [0.15, 0.2) is 41.0 Å². The van der Waals surface area contributed by atoms with Crippen molar-refractivity contribution in [2.24, 2.45) is 0 Å². The molecule has 1 aromatic carbocycles. The predicted molar refractivity (Wildman–Crippen MR) is 90.7 cm³/mol. The summed E-state index contributed by atoms with van der Waals surface area (Å²) in [5, 5.41) is 0. The highest BCUT2D eigenvalue weighted by Gasteiger charge is 2.33. The Bertz CT molecular complexity index is 801. The highest BCUT2D eigenvalue weighted by molar-refractivity contribution is 9.10. The van der Waals surface area contributed by atoms with Crippen LogP contribution in [0, 0.1) is 0 Å². The summed E-state index contributed by atoms with van der Waals surface area (Å²) in [6, 6.07) is 7.49. The Balaban J connectivity index is 1.68. The van der Waals surface area contributed by atoms with Crippen molar-refractivity contribution in [1.29, 1.82) is 0 Å². The average Bonchev–Trinajstić information content (AvgIpc) is 2.61. The molecular weight excluding hydrogens is 415 g/mol. The van der Waals surface area contributed by atoms with Crippen LogP contribution in [0.25, 0.3) is 0 Å². The molecule has 0 aliphatic carbocycles. The lowest BCUT2D eigenvalue weighted by Crippen LogP contribution is -2.44. The van der Waals surface area contributed by atoms with Gasteiger partial charge in [0.1, 0.15) is 6.10 Å². The monoisotopic (exact) mass is 429 g/mol. The van der Waals surface area contributed by atoms with Gasteiger partial charge in [-0.25, -0.2) is 4.98 Å². The molecule has 1 amide bonds. The second kappa shape index (κ2) is 7.61. The van der Waals surface area contributed by atoms with Gasteiger partial charge >= 0.3 is 12.2 Å². The maximum Gasteiger partial charge on any atom is 0.433 e. The second-order valence-corrected chi connectivity index (χ2v) is 6.78. The molecule has 0 spiro atoms. The maximum absolute atomic E-state index is 12.7. The number of ether oxygens (including phenoxy) is 1. The van der Waals surface area contributed by atoms with Gasteiger partial charge in [0.05, 0.1) is 6.54 Å². The van der Waals surface area contributed by atoms with Gasteiger partial charge in [0.2, 0.25) is 0 Å². The van der Waals surface area contributed by atoms with E-state index in [1.165, 1.54) is 0 Å². The topological polar surface area (TPSA) is 55.3 Å². The van der Waals surface area contributed by atoms with Crippen molar-refractivity contribution in [3.63, 3.8) is 0 Å². The van der Waals surface area contributed by atoms with Crippen LogP contribution in [0.4, 0.5) is 13.2 Å². The fourth-order valence-electron chi connectivity index (χ4n) is 2.73. The van der Waals surface area contributed by atoms with Gasteiger partial charge in [-0.1, -0.05) is 22.0 Å². The van der Waals surface area contributed by atoms with Crippen LogP contribution in [-0.4, -0.2) is 40.0 Å². The first kappa shape index (κ1) is 18.6. The van der Waals surface area contributed by atoms with E-state index in [-0.39, 0.29) is 18.5 Å². The van der Waals surface area contributed by atoms with Crippen molar-refractivity contribution >= 4 is 21.8 Å². The van der Waals surface area contributed by atoms with E-state index in [0.717, 1.165) is 16.7 Å². The summed E-state index contributed by atoms with van der Waals surface area (Å²) in [4.78, 5) is 21.4. The van der Waals surface area contributed by atoms with Crippen molar-refractivity contribution in [3.8, 4) is 6.01 Å². The summed E-state index contributed by atoms with van der Waals surface area (Å²) < 4.78 is 44.5. The Morgan fingerprint density at radius 3 is 2.85 bits per heavy atom. The molecule has 2 aromatic rings. The summed E-state index contributed by atoms with van der Waals surface area (Å²) in [6.45, 7) is 0.833. The van der Waals surface area contributed by atoms with E-state index in [1.807, 2.05) is 6.07 Å². The van der Waals surface area contributed by atoms with Gasteiger partial charge in [-0.3, -0.25) is 4.79 Å². The molecule has 1 atom stereocenters. The molecule has 0 bridgehead atoms. The third kappa shape index (κ3) is 4.51. The van der Waals surface area contributed by atoms with E-state index in [9.17, 15) is 18.0 Å². The van der Waals surface area contributed by atoms with Crippen LogP contribution in [-0.2, 0) is 6.18 Å². The number of alkyl halides is 3. The van der Waals surface area contributed by atoms with E-state index in [1.54, 1.807) is 23.1 Å². The van der Waals surface area contributed by atoms with Crippen LogP contribution in [0.1, 0.15) is 28.9 Å². The van der Waals surface area contributed by atoms with Crippen LogP contribution in [0.3, 0.4) is 0 Å². The minimum atomic E-state index is -4.56. The smallest absolute Gasteiger partial charge is 0.433 e. The van der Waals surface area contributed by atoms with Crippen LogP contribution in [0.5, 0.6) is 6.01 Å². The van der Waals surface area contributed by atoms with E-state index in [2.05, 4.69) is 25.9 Å². The third-order valence-corrected chi connectivity index (χ3v) is 4.43. The number of nitrogens with zero attached hydrogens (tertiary/aromatic N) is 3. The average molecular weight is 430 g/mol. The van der Waals surface area contributed by atoms with Gasteiger partial charge < -0.3 is 9.64 Å². The second-order valence-electron chi connectivity index (χ2n) is 5.87. The Morgan fingerprint density at radius 2 is 2.12 bits per heavy atom. The molecule has 1 fully saturated rings. The maximum atomic E-state index is 12.7. The molecule has 3 rings (SSSR count). The Kier molecular flexibility index (Phi) is 5.45. The van der Waals surface area contributed by atoms with Crippen LogP contribution >= 0.6 is 15.9 Å². The van der Waals surface area contributed by atoms with Gasteiger partial charge in [0, 0.05) is 22.8 Å². The fourth-order valence-corrected chi connectivity index (χ4v) is 3.13. The SMILES string of the molecule is O=C(c1cccc(Br)c1)N1CCCC(Oc2nccc(C(F)(F)F)n2)C1. The number of aromatic nitrogens is 2. The van der Waals surface area contributed by atoms with Gasteiger partial charge in [0.15, 0.2) is 5.69 Å². The first-order chi connectivity index (χ1) is 12.3. The van der Waals surface area contributed by atoms with Gasteiger partial charge in [0.25, 0.3) is 5.91 Å². The molecule has 9 heteroatoms. The molecule has 1 aliphatic rings. The molecule has 2 heterocycles. The number of likely N-dealkylation sites (tertiary alicyclic amines) is 1. The molecule has 1 aromatic heterocycles. The zero-order valence-electron chi connectivity index (χ0n) is 13.5. The van der Waals surface area contributed by atoms with E-state index in [0.29, 0.717) is 24.9 Å². The summed E-state index contributed by atoms with van der Waals surface area (Å²) in [5.41, 5.74) is -0.518. The van der Waals surface area contributed by atoms with E-state index >= 15 is 0 Å². The minimum Gasteiger partial charge on any atom is -0.458 e. The number of rotatable bonds is 3. The molecule has 1 saturated heterocycles. The molecule has 1 aliphatic heterocycles. The summed E-state index contributed by atoms with van der Waals surface area (Å²) in [7, 11) is 0. The van der Waals surface area contributed by atoms with Crippen molar-refractivity contribution in [1.82, 2.24) is 14.9 Å². The number of piperidine rings is 1.